The lowest BCUT2D eigenvalue weighted by atomic mass is 9.77. The van der Waals surface area contributed by atoms with Gasteiger partial charge in [-0.25, -0.2) is 9.37 Å². The summed E-state index contributed by atoms with van der Waals surface area (Å²) in [6, 6.07) is 11.6. The lowest BCUT2D eigenvalue weighted by Crippen LogP contribution is -2.39. The van der Waals surface area contributed by atoms with E-state index in [0.717, 1.165) is 73.7 Å². The van der Waals surface area contributed by atoms with Gasteiger partial charge in [0.05, 0.1) is 17.6 Å². The predicted octanol–water partition coefficient (Wildman–Crippen LogP) is 6.67. The van der Waals surface area contributed by atoms with Crippen molar-refractivity contribution in [1.82, 2.24) is 25.1 Å². The van der Waals surface area contributed by atoms with Gasteiger partial charge in [-0.3, -0.25) is 19.8 Å². The number of alkyl halides is 3. The van der Waals surface area contributed by atoms with E-state index in [1.165, 1.54) is 49.9 Å². The zero-order chi connectivity index (χ0) is 34.0. The zero-order valence-electron chi connectivity index (χ0n) is 27.6. The van der Waals surface area contributed by atoms with Crippen molar-refractivity contribution in [3.05, 3.63) is 59.4 Å². The molecule has 2 heterocycles. The number of hydrogen-bond acceptors (Lipinski definition) is 5. The number of likely N-dealkylation sites (tertiary alicyclic amines) is 1. The van der Waals surface area contributed by atoms with Gasteiger partial charge in [0.2, 0.25) is 12.4 Å². The van der Waals surface area contributed by atoms with E-state index in [4.69, 9.17) is 0 Å². The molecule has 2 aliphatic rings. The normalized spacial score (nSPS) is 19.9. The van der Waals surface area contributed by atoms with Gasteiger partial charge in [-0.05, 0) is 106 Å². The molecule has 3 atom stereocenters. The van der Waals surface area contributed by atoms with Gasteiger partial charge in [0.15, 0.2) is 0 Å². The molecule has 2 amide bonds. The molecular weight excluding hydrogens is 612 g/mol. The summed E-state index contributed by atoms with van der Waals surface area (Å²) in [5.74, 6) is 1.56. The summed E-state index contributed by atoms with van der Waals surface area (Å²) in [4.78, 5) is 29.5. The molecule has 0 radical (unpaired) electrons. The molecule has 3 unspecified atom stereocenters. The highest BCUT2D eigenvalue weighted by Crippen LogP contribution is 2.32. The third-order valence-electron chi connectivity index (χ3n) is 9.45. The van der Waals surface area contributed by atoms with Gasteiger partial charge in [0.1, 0.15) is 5.82 Å². The van der Waals surface area contributed by atoms with Gasteiger partial charge in [0.25, 0.3) is 5.91 Å². The largest absolute Gasteiger partial charge is 0.401 e. The van der Waals surface area contributed by atoms with Crippen LogP contribution in [0, 0.1) is 23.6 Å². The molecule has 0 spiro atoms. The molecule has 5 rings (SSSR count). The number of benzene rings is 2. The number of fused-ring (bicyclic) bond motifs is 1. The van der Waals surface area contributed by atoms with Crippen LogP contribution in [0.4, 0.5) is 23.5 Å². The lowest BCUT2D eigenvalue weighted by molar-refractivity contribution is -0.125. The van der Waals surface area contributed by atoms with E-state index in [1.807, 2.05) is 25.2 Å². The van der Waals surface area contributed by atoms with Crippen molar-refractivity contribution < 1.29 is 27.2 Å². The monoisotopic (exact) mass is 660 g/mol. The third-order valence-corrected chi connectivity index (χ3v) is 9.45. The second-order valence-corrected chi connectivity index (χ2v) is 13.2. The van der Waals surface area contributed by atoms with E-state index < -0.39 is 18.5 Å². The maximum absolute atomic E-state index is 13.1. The Balaban J connectivity index is 0.000000323. The number of halogens is 4. The number of hydrogen-bond donors (Lipinski definition) is 3. The molecule has 1 saturated carbocycles. The highest BCUT2D eigenvalue weighted by atomic mass is 19.4. The Morgan fingerprint density at radius 3 is 2.43 bits per heavy atom. The number of nitrogens with one attached hydrogen (secondary N) is 3. The molecule has 8 nitrogen and oxygen atoms in total. The van der Waals surface area contributed by atoms with E-state index in [9.17, 15) is 27.2 Å². The van der Waals surface area contributed by atoms with E-state index in [1.54, 1.807) is 4.57 Å². The minimum atomic E-state index is -4.17. The Morgan fingerprint density at radius 1 is 1.06 bits per heavy atom. The van der Waals surface area contributed by atoms with Crippen molar-refractivity contribution in [3.63, 3.8) is 0 Å². The van der Waals surface area contributed by atoms with Gasteiger partial charge in [0, 0.05) is 25.2 Å². The first-order valence-corrected chi connectivity index (χ1v) is 16.6. The Bertz CT molecular complexity index is 1440. The fourth-order valence-electron chi connectivity index (χ4n) is 6.63. The molecule has 1 aliphatic carbocycles. The molecule has 47 heavy (non-hydrogen) atoms. The second-order valence-electron chi connectivity index (χ2n) is 13.2. The zero-order valence-corrected chi connectivity index (χ0v) is 27.6. The summed E-state index contributed by atoms with van der Waals surface area (Å²) in [7, 11) is 1.82. The molecule has 2 aromatic carbocycles. The van der Waals surface area contributed by atoms with Crippen LogP contribution < -0.4 is 16.0 Å². The Labute approximate surface area is 274 Å². The van der Waals surface area contributed by atoms with E-state index in [-0.39, 0.29) is 11.8 Å². The lowest BCUT2D eigenvalue weighted by Gasteiger charge is -2.32. The van der Waals surface area contributed by atoms with E-state index in [2.05, 4.69) is 39.7 Å². The highest BCUT2D eigenvalue weighted by Gasteiger charge is 2.27. The first-order chi connectivity index (χ1) is 22.4. The number of imidazole rings is 1. The van der Waals surface area contributed by atoms with Gasteiger partial charge in [-0.15, -0.1) is 0 Å². The van der Waals surface area contributed by atoms with E-state index >= 15 is 0 Å². The van der Waals surface area contributed by atoms with Crippen LogP contribution in [0.5, 0.6) is 0 Å². The molecule has 3 aromatic rings. The summed E-state index contributed by atoms with van der Waals surface area (Å²) < 4.78 is 51.8. The number of aryl methyl sites for hydroxylation is 1. The molecule has 1 aromatic heterocycles. The number of carbonyl (C=O) groups excluding carboxylic acids is 2. The van der Waals surface area contributed by atoms with E-state index in [0.29, 0.717) is 24.1 Å². The van der Waals surface area contributed by atoms with Crippen molar-refractivity contribution in [2.75, 3.05) is 31.5 Å². The van der Waals surface area contributed by atoms with Crippen LogP contribution in [-0.4, -0.2) is 65.2 Å². The number of carbonyl (C=O) groups is 2. The van der Waals surface area contributed by atoms with Gasteiger partial charge < -0.3 is 15.2 Å². The van der Waals surface area contributed by atoms with Crippen molar-refractivity contribution >= 4 is 29.3 Å². The van der Waals surface area contributed by atoms with Gasteiger partial charge >= 0.3 is 6.18 Å². The fraction of sp³-hybridized carbons (Fsp3) is 0.571. The SMILES string of the molecule is CC(CC1CCCCC1C)NC=O.Cn1c(NC(=O)c2ccc(F)cc2)nc2ccc(CN3CCC(CNCC(F)(F)F)CC3)cc21. The fourth-order valence-corrected chi connectivity index (χ4v) is 6.63. The molecule has 0 bridgehead atoms. The number of amides is 2. The molecule has 1 saturated heterocycles. The Hall–Kier alpha value is -3.51. The third kappa shape index (κ3) is 11.3. The maximum Gasteiger partial charge on any atom is 0.401 e. The van der Waals surface area contributed by atoms with Crippen molar-refractivity contribution in [3.8, 4) is 0 Å². The first-order valence-electron chi connectivity index (χ1n) is 16.6. The minimum absolute atomic E-state index is 0.255. The molecule has 1 aliphatic heterocycles. The number of aromatic nitrogens is 2. The van der Waals surface area contributed by atoms with Crippen LogP contribution in [0.25, 0.3) is 11.0 Å². The Morgan fingerprint density at radius 2 is 1.77 bits per heavy atom. The average Bonchev–Trinajstić information content (AvgIpc) is 3.33. The first kappa shape index (κ1) is 36.3. The minimum Gasteiger partial charge on any atom is -0.356 e. The van der Waals surface area contributed by atoms with Gasteiger partial charge in [-0.1, -0.05) is 38.7 Å². The number of rotatable bonds is 11. The summed E-state index contributed by atoms with van der Waals surface area (Å²) in [5.41, 5.74) is 3.06. The van der Waals surface area contributed by atoms with Gasteiger partial charge in [-0.2, -0.15) is 13.2 Å². The highest BCUT2D eigenvalue weighted by molar-refractivity contribution is 6.04. The van der Waals surface area contributed by atoms with Crippen molar-refractivity contribution in [2.24, 2.45) is 24.8 Å². The van der Waals surface area contributed by atoms with Crippen LogP contribution in [0.2, 0.25) is 0 Å². The molecule has 258 valence electrons. The predicted molar refractivity (Wildman–Crippen MR) is 176 cm³/mol. The van der Waals surface area contributed by atoms with Crippen LogP contribution in [0.3, 0.4) is 0 Å². The van der Waals surface area contributed by atoms with Crippen LogP contribution >= 0.6 is 0 Å². The number of nitrogens with zero attached hydrogens (tertiary/aromatic N) is 3. The quantitative estimate of drug-likeness (QED) is 0.158. The van der Waals surface area contributed by atoms with Crippen molar-refractivity contribution in [2.45, 2.75) is 77.6 Å². The number of anilines is 1. The van der Waals surface area contributed by atoms with Crippen LogP contribution in [-0.2, 0) is 18.4 Å². The molecular formula is C35H48F4N6O2. The molecule has 2 fully saturated rings. The smallest absolute Gasteiger partial charge is 0.356 e. The standard InChI is InChI=1S/C24H27F4N5O.C11H21NO/c1-32-21-12-17(14-33-10-8-16(9-11-33)13-29-15-24(26,27)28)2-7-20(21)30-23(32)31-22(34)18-3-5-19(25)6-4-18;1-9-5-3-4-6-11(9)7-10(2)12-8-13/h2-7,12,16,29H,8-11,13-15H2,1H3,(H,30,31,34);8-11H,3-7H2,1-2H3,(H,12,13). The Kier molecular flexibility index (Phi) is 13.2. The summed E-state index contributed by atoms with van der Waals surface area (Å²) in [5, 5.41) is 8.12. The average molecular weight is 661 g/mol. The maximum atomic E-state index is 13.1. The summed E-state index contributed by atoms with van der Waals surface area (Å²) >= 11 is 0. The second kappa shape index (κ2) is 17.1. The van der Waals surface area contributed by atoms with Crippen LogP contribution in [0.15, 0.2) is 42.5 Å². The number of piperidine rings is 1. The molecule has 3 N–H and O–H groups in total. The summed E-state index contributed by atoms with van der Waals surface area (Å²) in [6.45, 7) is 6.29. The molecule has 12 heteroatoms. The summed E-state index contributed by atoms with van der Waals surface area (Å²) in [6.07, 6.45) is 5.02. The van der Waals surface area contributed by atoms with Crippen molar-refractivity contribution in [1.29, 1.82) is 0 Å². The topological polar surface area (TPSA) is 91.3 Å². The van der Waals surface area contributed by atoms with Crippen LogP contribution in [0.1, 0.15) is 74.7 Å².